The summed E-state index contributed by atoms with van der Waals surface area (Å²) in [5, 5.41) is 0. The minimum Gasteiger partial charge on any atom is -0.497 e. The van der Waals surface area contributed by atoms with Crippen molar-refractivity contribution in [3.8, 4) is 11.5 Å². The number of hydrogen-bond acceptors (Lipinski definition) is 4. The van der Waals surface area contributed by atoms with E-state index < -0.39 is 6.10 Å². The van der Waals surface area contributed by atoms with Gasteiger partial charge in [-0.1, -0.05) is 0 Å². The Balaban J connectivity index is 1.89. The van der Waals surface area contributed by atoms with Gasteiger partial charge in [0.2, 0.25) is 0 Å². The summed E-state index contributed by atoms with van der Waals surface area (Å²) < 4.78 is 10.8. The van der Waals surface area contributed by atoms with Gasteiger partial charge in [-0.15, -0.1) is 0 Å². The quantitative estimate of drug-likeness (QED) is 0.831. The molecule has 1 aromatic rings. The fraction of sp³-hybridized carbons (Fsp3) is 0.533. The first-order valence-corrected chi connectivity index (χ1v) is 6.88. The monoisotopic (exact) mass is 278 g/mol. The summed E-state index contributed by atoms with van der Waals surface area (Å²) >= 11 is 0. The van der Waals surface area contributed by atoms with Crippen molar-refractivity contribution in [1.29, 1.82) is 0 Å². The van der Waals surface area contributed by atoms with Gasteiger partial charge in [0.05, 0.1) is 7.11 Å². The maximum absolute atomic E-state index is 12.3. The molecule has 0 unspecified atom stereocenters. The zero-order valence-electron chi connectivity index (χ0n) is 12.3. The Kier molecular flexibility index (Phi) is 4.84. The van der Waals surface area contributed by atoms with E-state index in [0.29, 0.717) is 5.75 Å². The fourth-order valence-electron chi connectivity index (χ4n) is 2.19. The third-order valence-electron chi connectivity index (χ3n) is 3.54. The maximum Gasteiger partial charge on any atom is 0.263 e. The van der Waals surface area contributed by atoms with Crippen LogP contribution in [0.3, 0.4) is 0 Å². The fourth-order valence-corrected chi connectivity index (χ4v) is 2.19. The predicted molar refractivity (Wildman–Crippen MR) is 77.2 cm³/mol. The molecule has 0 bridgehead atoms. The molecular formula is C15H22N2O3. The Morgan fingerprint density at radius 1 is 1.10 bits per heavy atom. The summed E-state index contributed by atoms with van der Waals surface area (Å²) in [6.45, 7) is 5.17. The first kappa shape index (κ1) is 14.7. The second-order valence-electron chi connectivity index (χ2n) is 5.06. The number of rotatable bonds is 4. The van der Waals surface area contributed by atoms with Crippen molar-refractivity contribution < 1.29 is 14.3 Å². The van der Waals surface area contributed by atoms with Crippen LogP contribution in [0.15, 0.2) is 24.3 Å². The van der Waals surface area contributed by atoms with Crippen molar-refractivity contribution in [3.05, 3.63) is 24.3 Å². The molecule has 0 N–H and O–H groups in total. The van der Waals surface area contributed by atoms with Crippen LogP contribution in [0.4, 0.5) is 0 Å². The molecule has 1 fully saturated rings. The van der Waals surface area contributed by atoms with E-state index in [4.69, 9.17) is 9.47 Å². The molecule has 1 atom stereocenters. The number of carbonyl (C=O) groups is 1. The van der Waals surface area contributed by atoms with Gasteiger partial charge in [-0.25, -0.2) is 0 Å². The van der Waals surface area contributed by atoms with E-state index in [1.165, 1.54) is 0 Å². The number of carbonyl (C=O) groups excluding carboxylic acids is 1. The standard InChI is InChI=1S/C15H22N2O3/c1-12(15(18)17-10-8-16(2)9-11-17)20-14-6-4-13(19-3)5-7-14/h4-7,12H,8-11H2,1-3H3/t12-/m1/s1. The van der Waals surface area contributed by atoms with Crippen LogP contribution in [-0.2, 0) is 4.79 Å². The molecule has 5 nitrogen and oxygen atoms in total. The first-order chi connectivity index (χ1) is 9.60. The number of hydrogen-bond donors (Lipinski definition) is 0. The number of benzene rings is 1. The summed E-state index contributed by atoms with van der Waals surface area (Å²) in [5.41, 5.74) is 0. The van der Waals surface area contributed by atoms with Gasteiger partial charge in [0.15, 0.2) is 6.10 Å². The minimum absolute atomic E-state index is 0.0499. The van der Waals surface area contributed by atoms with Crippen molar-refractivity contribution in [2.24, 2.45) is 0 Å². The van der Waals surface area contributed by atoms with Crippen molar-refractivity contribution in [1.82, 2.24) is 9.80 Å². The van der Waals surface area contributed by atoms with Gasteiger partial charge in [0.1, 0.15) is 11.5 Å². The highest BCUT2D eigenvalue weighted by Crippen LogP contribution is 2.18. The largest absolute Gasteiger partial charge is 0.497 e. The average Bonchev–Trinajstić information content (AvgIpc) is 2.48. The van der Waals surface area contributed by atoms with Crippen LogP contribution in [0.5, 0.6) is 11.5 Å². The number of likely N-dealkylation sites (N-methyl/N-ethyl adjacent to an activating group) is 1. The molecule has 5 heteroatoms. The molecule has 0 saturated carbocycles. The number of piperazine rings is 1. The average molecular weight is 278 g/mol. The lowest BCUT2D eigenvalue weighted by molar-refractivity contribution is -0.139. The summed E-state index contributed by atoms with van der Waals surface area (Å²) in [7, 11) is 3.69. The molecule has 1 aromatic carbocycles. The molecule has 0 spiro atoms. The minimum atomic E-state index is -0.466. The summed E-state index contributed by atoms with van der Waals surface area (Å²) in [5.74, 6) is 1.50. The molecule has 1 aliphatic heterocycles. The van der Waals surface area contributed by atoms with Gasteiger partial charge in [0, 0.05) is 26.2 Å². The molecule has 1 aliphatic rings. The summed E-state index contributed by atoms with van der Waals surface area (Å²) in [6, 6.07) is 7.27. The van der Waals surface area contributed by atoms with Gasteiger partial charge in [-0.05, 0) is 38.2 Å². The molecule has 1 amide bonds. The van der Waals surface area contributed by atoms with E-state index >= 15 is 0 Å². The highest BCUT2D eigenvalue weighted by atomic mass is 16.5. The van der Waals surface area contributed by atoms with E-state index in [2.05, 4.69) is 11.9 Å². The zero-order valence-corrected chi connectivity index (χ0v) is 12.3. The second-order valence-corrected chi connectivity index (χ2v) is 5.06. The zero-order chi connectivity index (χ0) is 14.5. The molecule has 2 rings (SSSR count). The molecular weight excluding hydrogens is 256 g/mol. The Bertz CT molecular complexity index is 439. The van der Waals surface area contributed by atoms with E-state index in [1.807, 2.05) is 29.2 Å². The third-order valence-corrected chi connectivity index (χ3v) is 3.54. The third kappa shape index (κ3) is 3.63. The van der Waals surface area contributed by atoms with E-state index in [0.717, 1.165) is 31.9 Å². The Hall–Kier alpha value is -1.75. The van der Waals surface area contributed by atoms with E-state index in [-0.39, 0.29) is 5.91 Å². The van der Waals surface area contributed by atoms with Gasteiger partial charge < -0.3 is 19.3 Å². The van der Waals surface area contributed by atoms with Crippen LogP contribution in [0, 0.1) is 0 Å². The first-order valence-electron chi connectivity index (χ1n) is 6.88. The van der Waals surface area contributed by atoms with Gasteiger partial charge >= 0.3 is 0 Å². The topological polar surface area (TPSA) is 42.0 Å². The Labute approximate surface area is 120 Å². The molecule has 0 radical (unpaired) electrons. The van der Waals surface area contributed by atoms with Crippen LogP contribution in [0.2, 0.25) is 0 Å². The number of amides is 1. The molecule has 1 heterocycles. The Morgan fingerprint density at radius 3 is 2.20 bits per heavy atom. The Morgan fingerprint density at radius 2 is 1.65 bits per heavy atom. The van der Waals surface area contributed by atoms with E-state index in [9.17, 15) is 4.79 Å². The highest BCUT2D eigenvalue weighted by Gasteiger charge is 2.24. The lowest BCUT2D eigenvalue weighted by Gasteiger charge is -2.33. The molecule has 20 heavy (non-hydrogen) atoms. The van der Waals surface area contributed by atoms with E-state index in [1.54, 1.807) is 14.0 Å². The van der Waals surface area contributed by atoms with Crippen molar-refractivity contribution in [2.75, 3.05) is 40.3 Å². The van der Waals surface area contributed by atoms with Crippen molar-refractivity contribution in [3.63, 3.8) is 0 Å². The van der Waals surface area contributed by atoms with Gasteiger partial charge in [-0.2, -0.15) is 0 Å². The summed E-state index contributed by atoms with van der Waals surface area (Å²) in [4.78, 5) is 16.4. The molecule has 1 saturated heterocycles. The molecule has 110 valence electrons. The van der Waals surface area contributed by atoms with Crippen LogP contribution in [-0.4, -0.2) is 62.1 Å². The lowest BCUT2D eigenvalue weighted by atomic mass is 10.2. The normalized spacial score (nSPS) is 17.6. The SMILES string of the molecule is COc1ccc(O[C@H](C)C(=O)N2CCN(C)CC2)cc1. The predicted octanol–water partition coefficient (Wildman–Crippen LogP) is 1.24. The van der Waals surface area contributed by atoms with Crippen LogP contribution in [0.25, 0.3) is 0 Å². The van der Waals surface area contributed by atoms with Gasteiger partial charge in [-0.3, -0.25) is 4.79 Å². The second kappa shape index (κ2) is 6.61. The number of ether oxygens (including phenoxy) is 2. The maximum atomic E-state index is 12.3. The van der Waals surface area contributed by atoms with Crippen LogP contribution in [0.1, 0.15) is 6.92 Å². The number of nitrogens with zero attached hydrogens (tertiary/aromatic N) is 2. The summed E-state index contributed by atoms with van der Waals surface area (Å²) in [6.07, 6.45) is -0.466. The van der Waals surface area contributed by atoms with Gasteiger partial charge in [0.25, 0.3) is 5.91 Å². The molecule has 0 aromatic heterocycles. The van der Waals surface area contributed by atoms with Crippen LogP contribution < -0.4 is 9.47 Å². The number of methoxy groups -OCH3 is 1. The van der Waals surface area contributed by atoms with Crippen molar-refractivity contribution >= 4 is 5.91 Å². The highest BCUT2D eigenvalue weighted by molar-refractivity contribution is 5.81. The van der Waals surface area contributed by atoms with Crippen molar-refractivity contribution in [2.45, 2.75) is 13.0 Å². The smallest absolute Gasteiger partial charge is 0.263 e. The molecule has 0 aliphatic carbocycles. The lowest BCUT2D eigenvalue weighted by Crippen LogP contribution is -2.50. The van der Waals surface area contributed by atoms with Crippen LogP contribution >= 0.6 is 0 Å².